The zero-order valence-electron chi connectivity index (χ0n) is 15.2. The van der Waals surface area contributed by atoms with Gasteiger partial charge in [-0.25, -0.2) is 13.4 Å². The Labute approximate surface area is 169 Å². The number of nitro benzene ring substituents is 1. The number of anilines is 1. The highest BCUT2D eigenvalue weighted by Crippen LogP contribution is 2.33. The summed E-state index contributed by atoms with van der Waals surface area (Å²) in [6.07, 6.45) is 0.940. The summed E-state index contributed by atoms with van der Waals surface area (Å²) >= 11 is 1.51. The minimum atomic E-state index is -3.74. The van der Waals surface area contributed by atoms with Crippen molar-refractivity contribution in [3.8, 4) is 10.8 Å². The number of hydrogen-bond acceptors (Lipinski definition) is 8. The fourth-order valence-electron chi connectivity index (χ4n) is 2.90. The maximum Gasteiger partial charge on any atom is 0.310 e. The standard InChI is InChI=1S/C19H15N3O5S2/c1-29(25,26)17-8-4-6-14(18(17)22(23)24)20-11-12-9-10-15(27-12)19-21-13-5-2-3-7-16(13)28-19/h2-10,20H,11H2,1H3. The zero-order valence-corrected chi connectivity index (χ0v) is 16.8. The first kappa shape index (κ1) is 19.1. The van der Waals surface area contributed by atoms with Crippen LogP contribution in [0.2, 0.25) is 0 Å². The van der Waals surface area contributed by atoms with Crippen LogP contribution in [0, 0.1) is 10.1 Å². The van der Waals surface area contributed by atoms with E-state index >= 15 is 0 Å². The average Bonchev–Trinajstić information content (AvgIpc) is 3.31. The largest absolute Gasteiger partial charge is 0.457 e. The fraction of sp³-hybridized carbons (Fsp3) is 0.105. The van der Waals surface area contributed by atoms with Gasteiger partial charge in [-0.15, -0.1) is 11.3 Å². The van der Waals surface area contributed by atoms with Gasteiger partial charge in [0.25, 0.3) is 0 Å². The van der Waals surface area contributed by atoms with Crippen molar-refractivity contribution in [1.82, 2.24) is 4.98 Å². The third kappa shape index (κ3) is 3.84. The van der Waals surface area contributed by atoms with E-state index in [9.17, 15) is 18.5 Å². The van der Waals surface area contributed by atoms with E-state index in [-0.39, 0.29) is 17.1 Å². The van der Waals surface area contributed by atoms with Gasteiger partial charge in [0, 0.05) is 6.26 Å². The number of benzene rings is 2. The second-order valence-electron chi connectivity index (χ2n) is 6.29. The average molecular weight is 429 g/mol. The van der Waals surface area contributed by atoms with Crippen molar-refractivity contribution in [2.75, 3.05) is 11.6 Å². The first-order valence-corrected chi connectivity index (χ1v) is 11.2. The molecule has 2 aromatic carbocycles. The van der Waals surface area contributed by atoms with E-state index < -0.39 is 20.4 Å². The third-order valence-electron chi connectivity index (χ3n) is 4.20. The van der Waals surface area contributed by atoms with Gasteiger partial charge in [-0.05, 0) is 36.4 Å². The van der Waals surface area contributed by atoms with E-state index in [1.165, 1.54) is 29.5 Å². The molecule has 0 saturated heterocycles. The molecule has 0 saturated carbocycles. The van der Waals surface area contributed by atoms with Crippen molar-refractivity contribution in [3.63, 3.8) is 0 Å². The lowest BCUT2D eigenvalue weighted by Gasteiger charge is -2.08. The zero-order chi connectivity index (χ0) is 20.6. The molecule has 4 rings (SSSR count). The Kier molecular flexibility index (Phi) is 4.81. The van der Waals surface area contributed by atoms with Crippen LogP contribution < -0.4 is 5.32 Å². The maximum atomic E-state index is 11.9. The molecule has 1 N–H and O–H groups in total. The summed E-state index contributed by atoms with van der Waals surface area (Å²) in [4.78, 5) is 15.0. The highest BCUT2D eigenvalue weighted by Gasteiger charge is 2.26. The lowest BCUT2D eigenvalue weighted by Crippen LogP contribution is -2.07. The molecule has 148 valence electrons. The summed E-state index contributed by atoms with van der Waals surface area (Å²) in [5, 5.41) is 15.1. The van der Waals surface area contributed by atoms with E-state index in [1.807, 2.05) is 24.3 Å². The van der Waals surface area contributed by atoms with Crippen LogP contribution in [0.1, 0.15) is 5.76 Å². The normalized spacial score (nSPS) is 11.6. The van der Waals surface area contributed by atoms with Gasteiger partial charge in [-0.2, -0.15) is 0 Å². The summed E-state index contributed by atoms with van der Waals surface area (Å²) in [5.41, 5.74) is 0.514. The van der Waals surface area contributed by atoms with Gasteiger partial charge in [-0.1, -0.05) is 18.2 Å². The fourth-order valence-corrected chi connectivity index (χ4v) is 4.69. The van der Waals surface area contributed by atoms with Gasteiger partial charge in [0.15, 0.2) is 20.6 Å². The summed E-state index contributed by atoms with van der Waals surface area (Å²) in [7, 11) is -3.74. The minimum absolute atomic E-state index is 0.107. The first-order valence-electron chi connectivity index (χ1n) is 8.49. The highest BCUT2D eigenvalue weighted by atomic mass is 32.2. The van der Waals surface area contributed by atoms with Crippen molar-refractivity contribution in [2.24, 2.45) is 0 Å². The number of fused-ring (bicyclic) bond motifs is 1. The predicted octanol–water partition coefficient (Wildman–Crippen LogP) is 4.48. The molecule has 29 heavy (non-hydrogen) atoms. The molecule has 0 aliphatic carbocycles. The molecular formula is C19H15N3O5S2. The van der Waals surface area contributed by atoms with Crippen LogP contribution >= 0.6 is 11.3 Å². The quantitative estimate of drug-likeness (QED) is 0.355. The monoisotopic (exact) mass is 429 g/mol. The second-order valence-corrected chi connectivity index (χ2v) is 9.30. The van der Waals surface area contributed by atoms with Crippen LogP contribution in [0.3, 0.4) is 0 Å². The minimum Gasteiger partial charge on any atom is -0.457 e. The van der Waals surface area contributed by atoms with Gasteiger partial charge in [0.1, 0.15) is 16.3 Å². The van der Waals surface area contributed by atoms with Gasteiger partial charge in [0.05, 0.1) is 21.7 Å². The molecule has 0 amide bonds. The highest BCUT2D eigenvalue weighted by molar-refractivity contribution is 7.90. The van der Waals surface area contributed by atoms with Gasteiger partial charge in [0.2, 0.25) is 0 Å². The number of furan rings is 1. The Morgan fingerprint density at radius 1 is 1.14 bits per heavy atom. The Hall–Kier alpha value is -3.24. The van der Waals surface area contributed by atoms with Crippen molar-refractivity contribution in [1.29, 1.82) is 0 Å². The SMILES string of the molecule is CS(=O)(=O)c1cccc(NCc2ccc(-c3nc4ccccc4s3)o2)c1[N+](=O)[O-]. The molecule has 4 aromatic rings. The lowest BCUT2D eigenvalue weighted by atomic mass is 10.2. The molecule has 10 heteroatoms. The Morgan fingerprint density at radius 2 is 1.93 bits per heavy atom. The lowest BCUT2D eigenvalue weighted by molar-refractivity contribution is -0.386. The Morgan fingerprint density at radius 3 is 2.66 bits per heavy atom. The molecule has 0 spiro atoms. The molecule has 0 aliphatic rings. The summed E-state index contributed by atoms with van der Waals surface area (Å²) in [6.45, 7) is 0.152. The summed E-state index contributed by atoms with van der Waals surface area (Å²) in [5.74, 6) is 1.14. The van der Waals surface area contributed by atoms with E-state index in [0.717, 1.165) is 21.5 Å². The molecule has 8 nitrogen and oxygen atoms in total. The molecule has 0 fully saturated rings. The van der Waals surface area contributed by atoms with Crippen molar-refractivity contribution in [2.45, 2.75) is 11.4 Å². The molecule has 0 atom stereocenters. The summed E-state index contributed by atoms with van der Waals surface area (Å²) in [6, 6.07) is 15.4. The Balaban J connectivity index is 1.58. The maximum absolute atomic E-state index is 11.9. The molecule has 0 bridgehead atoms. The number of hydrogen-bond donors (Lipinski definition) is 1. The van der Waals surface area contributed by atoms with Crippen LogP contribution in [0.25, 0.3) is 21.0 Å². The smallest absolute Gasteiger partial charge is 0.310 e. The molecular weight excluding hydrogens is 414 g/mol. The molecule has 0 radical (unpaired) electrons. The number of nitro groups is 1. The van der Waals surface area contributed by atoms with E-state index in [4.69, 9.17) is 4.42 Å². The first-order chi connectivity index (χ1) is 13.8. The number of aromatic nitrogens is 1. The van der Waals surface area contributed by atoms with Crippen molar-refractivity contribution >= 4 is 42.8 Å². The van der Waals surface area contributed by atoms with E-state index in [0.29, 0.717) is 11.5 Å². The molecule has 2 aromatic heterocycles. The topological polar surface area (TPSA) is 115 Å². The number of thiazole rings is 1. The van der Waals surface area contributed by atoms with Gasteiger partial charge < -0.3 is 9.73 Å². The van der Waals surface area contributed by atoms with Crippen LogP contribution in [0.15, 0.2) is 63.9 Å². The van der Waals surface area contributed by atoms with Crippen LogP contribution in [-0.4, -0.2) is 24.6 Å². The van der Waals surface area contributed by atoms with Gasteiger partial charge in [-0.3, -0.25) is 10.1 Å². The number of nitrogens with zero attached hydrogens (tertiary/aromatic N) is 2. The Bertz CT molecular complexity index is 1290. The predicted molar refractivity (Wildman–Crippen MR) is 111 cm³/mol. The number of nitrogens with one attached hydrogen (secondary N) is 1. The van der Waals surface area contributed by atoms with Crippen molar-refractivity contribution < 1.29 is 17.8 Å². The number of para-hydroxylation sites is 2. The van der Waals surface area contributed by atoms with E-state index in [1.54, 1.807) is 12.1 Å². The third-order valence-corrected chi connectivity index (χ3v) is 6.38. The summed E-state index contributed by atoms with van der Waals surface area (Å²) < 4.78 is 30.6. The number of rotatable bonds is 6. The van der Waals surface area contributed by atoms with Crippen LogP contribution in [0.5, 0.6) is 0 Å². The van der Waals surface area contributed by atoms with Crippen molar-refractivity contribution in [3.05, 3.63) is 70.5 Å². The van der Waals surface area contributed by atoms with Gasteiger partial charge >= 0.3 is 5.69 Å². The number of sulfone groups is 1. The second kappa shape index (κ2) is 7.30. The van der Waals surface area contributed by atoms with Crippen LogP contribution in [-0.2, 0) is 16.4 Å². The van der Waals surface area contributed by atoms with E-state index in [2.05, 4.69) is 10.3 Å². The van der Waals surface area contributed by atoms with Crippen LogP contribution in [0.4, 0.5) is 11.4 Å². The molecule has 0 aliphatic heterocycles. The molecule has 0 unspecified atom stereocenters. The molecule has 2 heterocycles.